The van der Waals surface area contributed by atoms with Gasteiger partial charge in [0.2, 0.25) is 0 Å². The van der Waals surface area contributed by atoms with Gasteiger partial charge < -0.3 is 24.4 Å². The van der Waals surface area contributed by atoms with Gasteiger partial charge in [-0.2, -0.15) is 0 Å². The van der Waals surface area contributed by atoms with Crippen LogP contribution in [0.3, 0.4) is 0 Å². The molecule has 2 heterocycles. The van der Waals surface area contributed by atoms with E-state index >= 15 is 0 Å². The summed E-state index contributed by atoms with van der Waals surface area (Å²) < 4.78 is 16.9. The number of fused-ring (bicyclic) bond motifs is 1. The number of methoxy groups -OCH3 is 2. The van der Waals surface area contributed by atoms with Gasteiger partial charge in [-0.05, 0) is 31.0 Å². The summed E-state index contributed by atoms with van der Waals surface area (Å²) in [7, 11) is 3.23. The van der Waals surface area contributed by atoms with Crippen LogP contribution in [0.15, 0.2) is 42.5 Å². The Labute approximate surface area is 159 Å². The van der Waals surface area contributed by atoms with E-state index in [4.69, 9.17) is 14.2 Å². The molecule has 0 spiro atoms. The fraction of sp³-hybridized carbons (Fsp3) is 0.381. The van der Waals surface area contributed by atoms with Gasteiger partial charge in [0, 0.05) is 24.4 Å². The zero-order valence-electron chi connectivity index (χ0n) is 15.6. The van der Waals surface area contributed by atoms with Crippen molar-refractivity contribution in [2.24, 2.45) is 0 Å². The average molecular weight is 368 g/mol. The van der Waals surface area contributed by atoms with Crippen LogP contribution in [0.4, 0.5) is 5.69 Å². The molecule has 2 aromatic carbocycles. The zero-order valence-corrected chi connectivity index (χ0v) is 15.6. The molecule has 2 atom stereocenters. The third kappa shape index (κ3) is 3.21. The number of nitrogens with one attached hydrogen (secondary N) is 1. The monoisotopic (exact) mass is 368 g/mol. The SMILES string of the molecule is COc1cccc([C@H]2Nc3ccccc3C(=O)N2C[C@@H]2CCCO2)c1OC. The Morgan fingerprint density at radius 2 is 2.00 bits per heavy atom. The highest BCUT2D eigenvalue weighted by Gasteiger charge is 2.36. The number of carbonyl (C=O) groups excluding carboxylic acids is 1. The maximum Gasteiger partial charge on any atom is 0.257 e. The summed E-state index contributed by atoms with van der Waals surface area (Å²) in [5.74, 6) is 1.26. The fourth-order valence-electron chi connectivity index (χ4n) is 3.86. The van der Waals surface area contributed by atoms with Gasteiger partial charge >= 0.3 is 0 Å². The number of nitrogens with zero attached hydrogens (tertiary/aromatic N) is 1. The van der Waals surface area contributed by atoms with Crippen LogP contribution in [0.2, 0.25) is 0 Å². The summed E-state index contributed by atoms with van der Waals surface area (Å²) in [6, 6.07) is 13.3. The van der Waals surface area contributed by atoms with Crippen LogP contribution in [0.1, 0.15) is 34.9 Å². The summed E-state index contributed by atoms with van der Waals surface area (Å²) in [6.45, 7) is 1.29. The molecule has 1 amide bonds. The van der Waals surface area contributed by atoms with Crippen molar-refractivity contribution in [1.29, 1.82) is 0 Å². The van der Waals surface area contributed by atoms with Crippen molar-refractivity contribution in [3.8, 4) is 11.5 Å². The number of carbonyl (C=O) groups is 1. The molecule has 6 nitrogen and oxygen atoms in total. The van der Waals surface area contributed by atoms with Crippen LogP contribution < -0.4 is 14.8 Å². The fourth-order valence-corrected chi connectivity index (χ4v) is 3.86. The van der Waals surface area contributed by atoms with Gasteiger partial charge in [0.15, 0.2) is 11.5 Å². The molecule has 0 bridgehead atoms. The maximum atomic E-state index is 13.3. The smallest absolute Gasteiger partial charge is 0.257 e. The molecule has 142 valence electrons. The Morgan fingerprint density at radius 1 is 1.15 bits per heavy atom. The third-order valence-electron chi connectivity index (χ3n) is 5.17. The van der Waals surface area contributed by atoms with Gasteiger partial charge in [-0.3, -0.25) is 4.79 Å². The van der Waals surface area contributed by atoms with Crippen LogP contribution in [0.25, 0.3) is 0 Å². The predicted octanol–water partition coefficient (Wildman–Crippen LogP) is 3.45. The molecule has 0 unspecified atom stereocenters. The normalized spacial score (nSPS) is 21.6. The van der Waals surface area contributed by atoms with E-state index in [9.17, 15) is 4.79 Å². The lowest BCUT2D eigenvalue weighted by atomic mass is 10.0. The minimum absolute atomic E-state index is 0.00489. The van der Waals surface area contributed by atoms with Crippen molar-refractivity contribution >= 4 is 11.6 Å². The Morgan fingerprint density at radius 3 is 2.74 bits per heavy atom. The second-order valence-corrected chi connectivity index (χ2v) is 6.77. The Hall–Kier alpha value is -2.73. The molecule has 1 N–H and O–H groups in total. The van der Waals surface area contributed by atoms with Crippen molar-refractivity contribution in [3.63, 3.8) is 0 Å². The third-order valence-corrected chi connectivity index (χ3v) is 5.17. The van der Waals surface area contributed by atoms with Crippen molar-refractivity contribution in [3.05, 3.63) is 53.6 Å². The highest BCUT2D eigenvalue weighted by Crippen LogP contribution is 2.41. The maximum absolute atomic E-state index is 13.3. The first-order valence-corrected chi connectivity index (χ1v) is 9.22. The van der Waals surface area contributed by atoms with E-state index in [1.165, 1.54) is 0 Å². The second kappa shape index (κ2) is 7.48. The Balaban J connectivity index is 1.77. The summed E-state index contributed by atoms with van der Waals surface area (Å²) >= 11 is 0. The lowest BCUT2D eigenvalue weighted by Crippen LogP contribution is -2.46. The highest BCUT2D eigenvalue weighted by molar-refractivity contribution is 6.01. The van der Waals surface area contributed by atoms with Gasteiger partial charge in [0.05, 0.1) is 25.9 Å². The van der Waals surface area contributed by atoms with Crippen molar-refractivity contribution in [2.45, 2.75) is 25.1 Å². The van der Waals surface area contributed by atoms with E-state index in [1.54, 1.807) is 14.2 Å². The van der Waals surface area contributed by atoms with Crippen LogP contribution in [0, 0.1) is 0 Å². The van der Waals surface area contributed by atoms with E-state index in [-0.39, 0.29) is 18.2 Å². The van der Waals surface area contributed by atoms with E-state index in [2.05, 4.69) is 5.32 Å². The minimum Gasteiger partial charge on any atom is -0.493 e. The number of rotatable bonds is 5. The number of ether oxygens (including phenoxy) is 3. The summed E-state index contributed by atoms with van der Waals surface area (Å²) in [6.07, 6.45) is 1.69. The molecule has 1 fully saturated rings. The molecule has 0 saturated carbocycles. The minimum atomic E-state index is -0.360. The molecule has 0 aromatic heterocycles. The number of hydrogen-bond donors (Lipinski definition) is 1. The van der Waals surface area contributed by atoms with Crippen LogP contribution >= 0.6 is 0 Å². The number of anilines is 1. The van der Waals surface area contributed by atoms with Gasteiger partial charge in [-0.25, -0.2) is 0 Å². The highest BCUT2D eigenvalue weighted by atomic mass is 16.5. The lowest BCUT2D eigenvalue weighted by molar-refractivity contribution is 0.0424. The molecule has 27 heavy (non-hydrogen) atoms. The molecule has 1 saturated heterocycles. The first-order chi connectivity index (χ1) is 13.2. The van der Waals surface area contributed by atoms with E-state index in [1.807, 2.05) is 47.4 Å². The molecule has 2 aliphatic heterocycles. The van der Waals surface area contributed by atoms with Crippen LogP contribution in [-0.2, 0) is 4.74 Å². The first-order valence-electron chi connectivity index (χ1n) is 9.22. The van der Waals surface area contributed by atoms with E-state index in [0.717, 1.165) is 30.7 Å². The van der Waals surface area contributed by atoms with Crippen LogP contribution in [-0.4, -0.2) is 44.3 Å². The number of amides is 1. The predicted molar refractivity (Wildman–Crippen MR) is 102 cm³/mol. The molecule has 0 radical (unpaired) electrons. The molecule has 2 aliphatic rings. The number of benzene rings is 2. The molecule has 0 aliphatic carbocycles. The molecular weight excluding hydrogens is 344 g/mol. The van der Waals surface area contributed by atoms with Gasteiger partial charge in [-0.15, -0.1) is 0 Å². The summed E-state index contributed by atoms with van der Waals surface area (Å²) in [4.78, 5) is 15.1. The van der Waals surface area contributed by atoms with Crippen molar-refractivity contribution < 1.29 is 19.0 Å². The average Bonchev–Trinajstić information content (AvgIpc) is 3.22. The number of hydrogen-bond acceptors (Lipinski definition) is 5. The van der Waals surface area contributed by atoms with Crippen LogP contribution in [0.5, 0.6) is 11.5 Å². The van der Waals surface area contributed by atoms with E-state index < -0.39 is 0 Å². The summed E-state index contributed by atoms with van der Waals surface area (Å²) in [5, 5.41) is 3.51. The van der Waals surface area contributed by atoms with Crippen molar-refractivity contribution in [2.75, 3.05) is 32.7 Å². The number of para-hydroxylation sites is 2. The van der Waals surface area contributed by atoms with Gasteiger partial charge in [0.25, 0.3) is 5.91 Å². The first kappa shape index (κ1) is 17.7. The zero-order chi connectivity index (χ0) is 18.8. The Kier molecular flexibility index (Phi) is 4.90. The van der Waals surface area contributed by atoms with Crippen molar-refractivity contribution in [1.82, 2.24) is 4.90 Å². The molecule has 4 rings (SSSR count). The van der Waals surface area contributed by atoms with Gasteiger partial charge in [0.1, 0.15) is 6.17 Å². The van der Waals surface area contributed by atoms with E-state index in [0.29, 0.717) is 23.6 Å². The molecular formula is C21H24N2O4. The van der Waals surface area contributed by atoms with Gasteiger partial charge in [-0.1, -0.05) is 24.3 Å². The Bertz CT molecular complexity index is 833. The second-order valence-electron chi connectivity index (χ2n) is 6.77. The topological polar surface area (TPSA) is 60.0 Å². The standard InChI is InChI=1S/C21H24N2O4/c1-25-18-11-5-9-16(19(18)26-2)20-22-17-10-4-3-8-15(17)21(24)23(20)13-14-7-6-12-27-14/h3-5,8-11,14,20,22H,6-7,12-13H2,1-2H3/t14-,20-/m0/s1. The summed E-state index contributed by atoms with van der Waals surface area (Å²) in [5.41, 5.74) is 2.35. The molecule has 6 heteroatoms. The quantitative estimate of drug-likeness (QED) is 0.876. The molecule has 2 aromatic rings. The largest absolute Gasteiger partial charge is 0.493 e. The lowest BCUT2D eigenvalue weighted by Gasteiger charge is -2.39.